The molecule has 0 bridgehead atoms. The van der Waals surface area contributed by atoms with Gasteiger partial charge in [-0.2, -0.15) is 0 Å². The normalized spacial score (nSPS) is 13.6. The average molecular weight is 551 g/mol. The van der Waals surface area contributed by atoms with E-state index >= 15 is 0 Å². The molecule has 1 aromatic carbocycles. The first-order valence-corrected chi connectivity index (χ1v) is 13.8. The maximum Gasteiger partial charge on any atom is 0.254 e. The van der Waals surface area contributed by atoms with Crippen LogP contribution in [-0.4, -0.2) is 43.1 Å². The zero-order valence-corrected chi connectivity index (χ0v) is 24.4. The summed E-state index contributed by atoms with van der Waals surface area (Å²) in [6.07, 6.45) is 6.04. The number of ether oxygens (including phenoxy) is 1. The summed E-state index contributed by atoms with van der Waals surface area (Å²) in [6.45, 7) is 18.6. The van der Waals surface area contributed by atoms with Gasteiger partial charge in [-0.3, -0.25) is 14.6 Å². The predicted octanol–water partition coefficient (Wildman–Crippen LogP) is 5.33. The summed E-state index contributed by atoms with van der Waals surface area (Å²) in [7, 11) is 1.75. The maximum atomic E-state index is 14.2. The summed E-state index contributed by atoms with van der Waals surface area (Å²) in [5.41, 5.74) is 7.29. The molecule has 0 N–H and O–H groups in total. The second kappa shape index (κ2) is 11.0. The zero-order chi connectivity index (χ0) is 29.4. The molecule has 1 atom stereocenters. The highest BCUT2D eigenvalue weighted by Gasteiger charge is 2.32. The predicted molar refractivity (Wildman–Crippen MR) is 157 cm³/mol. The molecular weight excluding hydrogens is 516 g/mol. The molecule has 5 rings (SSSR count). The van der Waals surface area contributed by atoms with Crippen LogP contribution in [0.5, 0.6) is 5.75 Å². The van der Waals surface area contributed by atoms with E-state index in [1.807, 2.05) is 58.0 Å². The summed E-state index contributed by atoms with van der Waals surface area (Å²) in [5.74, 6) is 1.31. The number of hydrogen-bond donors (Lipinski definition) is 0. The van der Waals surface area contributed by atoms with Crippen molar-refractivity contribution in [3.05, 3.63) is 104 Å². The van der Waals surface area contributed by atoms with Crippen LogP contribution in [0.15, 0.2) is 47.7 Å². The Balaban J connectivity index is 1.60. The molecule has 3 aromatic heterocycles. The zero-order valence-electron chi connectivity index (χ0n) is 24.4. The quantitative estimate of drug-likeness (QED) is 0.291. The van der Waals surface area contributed by atoms with Crippen LogP contribution in [-0.2, 0) is 20.0 Å². The van der Waals surface area contributed by atoms with Gasteiger partial charge in [0, 0.05) is 55.9 Å². The van der Waals surface area contributed by atoms with Crippen LogP contribution < -0.4 is 10.3 Å². The summed E-state index contributed by atoms with van der Waals surface area (Å²) < 4.78 is 9.34. The van der Waals surface area contributed by atoms with Gasteiger partial charge in [-0.25, -0.2) is 9.83 Å². The van der Waals surface area contributed by atoms with Crippen LogP contribution in [0.1, 0.15) is 64.1 Å². The molecule has 0 saturated heterocycles. The Morgan fingerprint density at radius 3 is 2.51 bits per heavy atom. The molecule has 4 heterocycles. The first-order valence-electron chi connectivity index (χ1n) is 13.8. The number of aromatic nitrogens is 4. The van der Waals surface area contributed by atoms with E-state index in [1.165, 1.54) is 6.20 Å². The van der Waals surface area contributed by atoms with Crippen LogP contribution in [0.2, 0.25) is 0 Å². The number of carbonyl (C=O) groups is 1. The fraction of sp³-hybridized carbons (Fsp3) is 0.344. The minimum atomic E-state index is -0.320. The average Bonchev–Trinajstić information content (AvgIpc) is 3.26. The molecule has 1 amide bonds. The lowest BCUT2D eigenvalue weighted by molar-refractivity contribution is 0.0669. The van der Waals surface area contributed by atoms with Gasteiger partial charge in [-0.1, -0.05) is 0 Å². The van der Waals surface area contributed by atoms with E-state index in [4.69, 9.17) is 11.3 Å². The fourth-order valence-corrected chi connectivity index (χ4v) is 5.60. The molecule has 9 nitrogen and oxygen atoms in total. The van der Waals surface area contributed by atoms with Crippen molar-refractivity contribution in [2.24, 2.45) is 7.05 Å². The Morgan fingerprint density at radius 1 is 1.07 bits per heavy atom. The van der Waals surface area contributed by atoms with E-state index in [2.05, 4.69) is 25.4 Å². The van der Waals surface area contributed by atoms with Gasteiger partial charge < -0.3 is 18.8 Å². The molecule has 210 valence electrons. The molecule has 0 spiro atoms. The van der Waals surface area contributed by atoms with Gasteiger partial charge in [0.05, 0.1) is 30.6 Å². The van der Waals surface area contributed by atoms with E-state index in [9.17, 15) is 9.59 Å². The lowest BCUT2D eigenvalue weighted by atomic mass is 9.87. The van der Waals surface area contributed by atoms with E-state index in [0.717, 1.165) is 39.3 Å². The largest absolute Gasteiger partial charge is 0.505 e. The minimum absolute atomic E-state index is 0.0694. The number of pyridine rings is 2. The van der Waals surface area contributed by atoms with Crippen molar-refractivity contribution in [2.45, 2.75) is 53.6 Å². The smallest absolute Gasteiger partial charge is 0.254 e. The lowest BCUT2D eigenvalue weighted by Crippen LogP contribution is -2.40. The Hall–Kier alpha value is -4.71. The number of carbonyl (C=O) groups excluding carboxylic acids is 1. The van der Waals surface area contributed by atoms with Crippen LogP contribution in [0.4, 0.5) is 5.69 Å². The van der Waals surface area contributed by atoms with E-state index in [-0.39, 0.29) is 17.5 Å². The van der Waals surface area contributed by atoms with Crippen LogP contribution in [0.25, 0.3) is 16.0 Å². The number of imidazole rings is 1. The number of rotatable bonds is 7. The standard InChI is InChI=1S/C32H34N6O3/c1-8-41-30-14-28(34-15-29(30)33-6)21(4)38-10-9-24-25(27-18-36(7)31(39)11-19(27)2)12-23(13-26(24)32(38)40)17-37-16-20(3)35-22(37)5/h11-16,18,21H,8-10,17H2,1-5,7H3/t21-/m0/s1. The molecule has 0 fully saturated rings. The Bertz CT molecular complexity index is 1760. The molecule has 1 aliphatic heterocycles. The van der Waals surface area contributed by atoms with Gasteiger partial charge in [0.1, 0.15) is 11.6 Å². The third kappa shape index (κ3) is 5.25. The number of hydrogen-bond acceptors (Lipinski definition) is 5. The Kier molecular flexibility index (Phi) is 7.50. The molecule has 1 aliphatic rings. The molecule has 0 unspecified atom stereocenters. The molecule has 0 aliphatic carbocycles. The first kappa shape index (κ1) is 27.8. The molecule has 4 aromatic rings. The third-order valence-corrected chi connectivity index (χ3v) is 7.76. The fourth-order valence-electron chi connectivity index (χ4n) is 5.60. The summed E-state index contributed by atoms with van der Waals surface area (Å²) in [6, 6.07) is 7.23. The third-order valence-electron chi connectivity index (χ3n) is 7.76. The van der Waals surface area contributed by atoms with Crippen molar-refractivity contribution in [1.82, 2.24) is 24.0 Å². The molecular formula is C32H34N6O3. The Labute approximate surface area is 239 Å². The van der Waals surface area contributed by atoms with Crippen LogP contribution in [0, 0.1) is 27.3 Å². The summed E-state index contributed by atoms with van der Waals surface area (Å²) in [4.78, 5) is 40.9. The van der Waals surface area contributed by atoms with Gasteiger partial charge in [0.2, 0.25) is 5.69 Å². The Morgan fingerprint density at radius 2 is 1.83 bits per heavy atom. The van der Waals surface area contributed by atoms with Crippen LogP contribution >= 0.6 is 0 Å². The maximum absolute atomic E-state index is 14.2. The van der Waals surface area contributed by atoms with E-state index in [0.29, 0.717) is 48.8 Å². The van der Waals surface area contributed by atoms with Crippen LogP contribution in [0.3, 0.4) is 0 Å². The number of benzene rings is 1. The topological polar surface area (TPSA) is 86.6 Å². The van der Waals surface area contributed by atoms with Gasteiger partial charge >= 0.3 is 0 Å². The summed E-state index contributed by atoms with van der Waals surface area (Å²) in [5, 5.41) is 0. The van der Waals surface area contributed by atoms with Crippen molar-refractivity contribution < 1.29 is 9.53 Å². The molecule has 9 heteroatoms. The van der Waals surface area contributed by atoms with Crippen molar-refractivity contribution in [3.8, 4) is 16.9 Å². The van der Waals surface area contributed by atoms with Crippen molar-refractivity contribution >= 4 is 11.6 Å². The van der Waals surface area contributed by atoms with Gasteiger partial charge in [0.15, 0.2) is 0 Å². The highest BCUT2D eigenvalue weighted by molar-refractivity contribution is 5.99. The monoisotopic (exact) mass is 550 g/mol. The number of amides is 1. The van der Waals surface area contributed by atoms with Gasteiger partial charge in [-0.05, 0) is 81.5 Å². The highest BCUT2D eigenvalue weighted by atomic mass is 16.5. The number of nitrogens with zero attached hydrogens (tertiary/aromatic N) is 6. The summed E-state index contributed by atoms with van der Waals surface area (Å²) >= 11 is 0. The highest BCUT2D eigenvalue weighted by Crippen LogP contribution is 2.37. The molecule has 0 saturated carbocycles. The van der Waals surface area contributed by atoms with Gasteiger partial charge in [0.25, 0.3) is 11.5 Å². The molecule has 0 radical (unpaired) electrons. The van der Waals surface area contributed by atoms with Crippen molar-refractivity contribution in [3.63, 3.8) is 0 Å². The van der Waals surface area contributed by atoms with Crippen molar-refractivity contribution in [1.29, 1.82) is 0 Å². The minimum Gasteiger partial charge on any atom is -0.505 e. The second-order valence-corrected chi connectivity index (χ2v) is 10.6. The van der Waals surface area contributed by atoms with E-state index in [1.54, 1.807) is 23.7 Å². The first-order chi connectivity index (χ1) is 19.6. The second-order valence-electron chi connectivity index (χ2n) is 10.6. The molecule has 41 heavy (non-hydrogen) atoms. The lowest BCUT2D eigenvalue weighted by Gasteiger charge is -2.35. The van der Waals surface area contributed by atoms with E-state index < -0.39 is 0 Å². The number of aryl methyl sites for hydroxylation is 4. The SMILES string of the molecule is [C-]#[N+]c1cnc([C@H](C)N2CCc3c(cc(Cn4cc(C)nc4C)cc3-c3cn(C)c(=O)cc3C)C2=O)cc1OCC. The van der Waals surface area contributed by atoms with Gasteiger partial charge in [-0.15, -0.1) is 0 Å². The number of fused-ring (bicyclic) bond motifs is 1. The van der Waals surface area contributed by atoms with Crippen molar-refractivity contribution in [2.75, 3.05) is 13.2 Å².